The molecule has 0 saturated carbocycles. The Morgan fingerprint density at radius 2 is 1.50 bits per heavy atom. The molecule has 0 aliphatic carbocycles. The van der Waals surface area contributed by atoms with E-state index in [1.807, 2.05) is 51.1 Å². The summed E-state index contributed by atoms with van der Waals surface area (Å²) in [6.07, 6.45) is 1.46. The number of anilines is 1. The normalized spacial score (nSPS) is 12.4. The molecule has 0 fully saturated rings. The fourth-order valence-corrected chi connectivity index (χ4v) is 3.29. The van der Waals surface area contributed by atoms with E-state index in [9.17, 15) is 13.2 Å². The molecule has 4 rings (SSSR count). The maximum Gasteiger partial charge on any atom is 0.225 e. The van der Waals surface area contributed by atoms with Gasteiger partial charge in [0.15, 0.2) is 5.65 Å². The zero-order valence-electron chi connectivity index (χ0n) is 17.6. The van der Waals surface area contributed by atoms with Gasteiger partial charge in [0.25, 0.3) is 0 Å². The zero-order valence-corrected chi connectivity index (χ0v) is 17.6. The van der Waals surface area contributed by atoms with Gasteiger partial charge in [0.1, 0.15) is 23.0 Å². The summed E-state index contributed by atoms with van der Waals surface area (Å²) >= 11 is 0. The molecular formula is C24H20F4N4. The van der Waals surface area contributed by atoms with E-state index in [2.05, 4.69) is 20.3 Å². The Bertz CT molecular complexity index is 1270. The highest BCUT2D eigenvalue weighted by Crippen LogP contribution is 2.39. The van der Waals surface area contributed by atoms with Crippen molar-refractivity contribution in [1.82, 2.24) is 15.0 Å². The van der Waals surface area contributed by atoms with Gasteiger partial charge in [-0.1, -0.05) is 44.2 Å². The van der Waals surface area contributed by atoms with E-state index in [-0.39, 0.29) is 28.8 Å². The number of hydrogen-bond donors (Lipinski definition) is 1. The van der Waals surface area contributed by atoms with Crippen molar-refractivity contribution in [2.24, 2.45) is 5.92 Å². The molecule has 0 aliphatic rings. The molecule has 2 heterocycles. The van der Waals surface area contributed by atoms with Crippen LogP contribution in [0.2, 0.25) is 0 Å². The molecule has 1 unspecified atom stereocenters. The van der Waals surface area contributed by atoms with Crippen molar-refractivity contribution in [2.45, 2.75) is 26.8 Å². The molecular weight excluding hydrogens is 420 g/mol. The van der Waals surface area contributed by atoms with Gasteiger partial charge in [-0.15, -0.1) is 0 Å². The molecule has 2 aromatic heterocycles. The first-order valence-corrected chi connectivity index (χ1v) is 10.1. The summed E-state index contributed by atoms with van der Waals surface area (Å²) < 4.78 is 58.0. The predicted molar refractivity (Wildman–Crippen MR) is 116 cm³/mol. The molecule has 4 aromatic rings. The number of hydrogen-bond acceptors (Lipinski definition) is 4. The van der Waals surface area contributed by atoms with Crippen LogP contribution < -0.4 is 5.32 Å². The standard InChI is InChI=1S/C24H20F4N4/c1-12(2)13(3)30-21-20(19-16(26)9-15(25)10-17(19)27)23(28)32-24-22(21)31-18(11-29-24)14-7-5-4-6-8-14/h4-13H,1-3H3,(H,29,30,32). The van der Waals surface area contributed by atoms with Crippen LogP contribution in [0.5, 0.6) is 0 Å². The molecule has 0 bridgehead atoms. The van der Waals surface area contributed by atoms with Gasteiger partial charge in [-0.05, 0) is 12.8 Å². The Hall–Kier alpha value is -3.55. The topological polar surface area (TPSA) is 50.7 Å². The smallest absolute Gasteiger partial charge is 0.225 e. The number of fused-ring (bicyclic) bond motifs is 1. The SMILES string of the molecule is CC(C)C(C)Nc1c(-c2c(F)cc(F)cc2F)c(F)nc2ncc(-c3ccccc3)nc12. The Balaban J connectivity index is 2.05. The van der Waals surface area contributed by atoms with Crippen molar-refractivity contribution in [2.75, 3.05) is 5.32 Å². The fraction of sp³-hybridized carbons (Fsp3) is 0.208. The first-order chi connectivity index (χ1) is 15.3. The molecule has 0 saturated heterocycles. The Kier molecular flexibility index (Phi) is 5.78. The molecule has 8 heteroatoms. The van der Waals surface area contributed by atoms with E-state index in [1.165, 1.54) is 6.20 Å². The Labute approximate surface area is 182 Å². The molecule has 164 valence electrons. The third-order valence-electron chi connectivity index (χ3n) is 5.35. The molecule has 1 atom stereocenters. The monoisotopic (exact) mass is 440 g/mol. The van der Waals surface area contributed by atoms with Crippen molar-refractivity contribution in [3.8, 4) is 22.4 Å². The molecule has 0 amide bonds. The van der Waals surface area contributed by atoms with Crippen LogP contribution in [0.25, 0.3) is 33.5 Å². The van der Waals surface area contributed by atoms with Gasteiger partial charge in [-0.3, -0.25) is 0 Å². The minimum absolute atomic E-state index is 0.0210. The van der Waals surface area contributed by atoms with Gasteiger partial charge in [0, 0.05) is 23.7 Å². The first kappa shape index (κ1) is 21.7. The third kappa shape index (κ3) is 4.00. The second-order valence-corrected chi connectivity index (χ2v) is 7.87. The molecule has 0 spiro atoms. The van der Waals surface area contributed by atoms with Gasteiger partial charge in [0.05, 0.1) is 28.7 Å². The van der Waals surface area contributed by atoms with E-state index in [1.54, 1.807) is 0 Å². The van der Waals surface area contributed by atoms with E-state index >= 15 is 4.39 Å². The summed E-state index contributed by atoms with van der Waals surface area (Å²) in [6.45, 7) is 5.74. The van der Waals surface area contributed by atoms with Crippen LogP contribution in [-0.2, 0) is 0 Å². The minimum Gasteiger partial charge on any atom is -0.380 e. The summed E-state index contributed by atoms with van der Waals surface area (Å²) in [7, 11) is 0. The second-order valence-electron chi connectivity index (χ2n) is 7.87. The molecule has 4 nitrogen and oxygen atoms in total. The fourth-order valence-electron chi connectivity index (χ4n) is 3.29. The van der Waals surface area contributed by atoms with Crippen molar-refractivity contribution in [3.05, 3.63) is 72.1 Å². The number of halogens is 4. The van der Waals surface area contributed by atoms with Crippen molar-refractivity contribution < 1.29 is 17.6 Å². The highest BCUT2D eigenvalue weighted by atomic mass is 19.1. The lowest BCUT2D eigenvalue weighted by molar-refractivity contribution is 0.540. The van der Waals surface area contributed by atoms with Crippen LogP contribution in [0, 0.1) is 29.3 Å². The average molecular weight is 440 g/mol. The number of nitrogens with zero attached hydrogens (tertiary/aromatic N) is 3. The minimum atomic E-state index is -1.24. The van der Waals surface area contributed by atoms with Crippen LogP contribution in [0.3, 0.4) is 0 Å². The lowest BCUT2D eigenvalue weighted by Crippen LogP contribution is -2.23. The van der Waals surface area contributed by atoms with Gasteiger partial charge in [-0.2, -0.15) is 9.37 Å². The number of rotatable bonds is 5. The van der Waals surface area contributed by atoms with Crippen LogP contribution in [-0.4, -0.2) is 21.0 Å². The second kappa shape index (κ2) is 8.53. The van der Waals surface area contributed by atoms with Gasteiger partial charge in [-0.25, -0.2) is 23.1 Å². The quantitative estimate of drug-likeness (QED) is 0.289. The van der Waals surface area contributed by atoms with E-state index in [0.717, 1.165) is 5.56 Å². The molecule has 0 radical (unpaired) electrons. The summed E-state index contributed by atoms with van der Waals surface area (Å²) in [5.74, 6) is -4.62. The molecule has 2 aromatic carbocycles. The van der Waals surface area contributed by atoms with E-state index in [0.29, 0.717) is 17.8 Å². The lowest BCUT2D eigenvalue weighted by atomic mass is 10.0. The summed E-state index contributed by atoms with van der Waals surface area (Å²) in [4.78, 5) is 12.6. The summed E-state index contributed by atoms with van der Waals surface area (Å²) in [5.41, 5.74) is 0.241. The van der Waals surface area contributed by atoms with Gasteiger partial charge < -0.3 is 5.32 Å². The highest BCUT2D eigenvalue weighted by molar-refractivity contribution is 5.96. The number of benzene rings is 2. The van der Waals surface area contributed by atoms with Crippen molar-refractivity contribution in [3.63, 3.8) is 0 Å². The maximum atomic E-state index is 15.2. The van der Waals surface area contributed by atoms with Crippen molar-refractivity contribution in [1.29, 1.82) is 0 Å². The first-order valence-electron chi connectivity index (χ1n) is 10.1. The third-order valence-corrected chi connectivity index (χ3v) is 5.35. The number of nitrogens with one attached hydrogen (secondary N) is 1. The van der Waals surface area contributed by atoms with Gasteiger partial charge >= 0.3 is 0 Å². The van der Waals surface area contributed by atoms with Crippen LogP contribution in [0.15, 0.2) is 48.7 Å². The van der Waals surface area contributed by atoms with E-state index < -0.39 is 34.5 Å². The van der Waals surface area contributed by atoms with E-state index in [4.69, 9.17) is 0 Å². The van der Waals surface area contributed by atoms with Crippen LogP contribution in [0.4, 0.5) is 23.2 Å². The molecule has 32 heavy (non-hydrogen) atoms. The predicted octanol–water partition coefficient (Wildman–Crippen LogP) is 6.37. The van der Waals surface area contributed by atoms with Crippen LogP contribution >= 0.6 is 0 Å². The summed E-state index contributed by atoms with van der Waals surface area (Å²) in [5, 5.41) is 3.13. The number of aromatic nitrogens is 3. The summed E-state index contributed by atoms with van der Waals surface area (Å²) in [6, 6.07) is 9.97. The maximum absolute atomic E-state index is 15.2. The van der Waals surface area contributed by atoms with Crippen molar-refractivity contribution >= 4 is 16.9 Å². The Morgan fingerprint density at radius 1 is 0.844 bits per heavy atom. The number of pyridine rings is 1. The highest BCUT2D eigenvalue weighted by Gasteiger charge is 2.26. The average Bonchev–Trinajstić information content (AvgIpc) is 2.75. The molecule has 1 N–H and O–H groups in total. The Morgan fingerprint density at radius 3 is 2.12 bits per heavy atom. The zero-order chi connectivity index (χ0) is 23.0. The molecule has 0 aliphatic heterocycles. The lowest BCUT2D eigenvalue weighted by Gasteiger charge is -2.22. The largest absolute Gasteiger partial charge is 0.380 e. The van der Waals surface area contributed by atoms with Gasteiger partial charge in [0.2, 0.25) is 5.95 Å². The van der Waals surface area contributed by atoms with Crippen LogP contribution in [0.1, 0.15) is 20.8 Å².